The monoisotopic (exact) mass is 285 g/mol. The highest BCUT2D eigenvalue weighted by atomic mass is 35.5. The van der Waals surface area contributed by atoms with Crippen molar-refractivity contribution >= 4 is 23.3 Å². The van der Waals surface area contributed by atoms with Crippen LogP contribution in [0, 0.1) is 11.7 Å². The van der Waals surface area contributed by atoms with Crippen molar-refractivity contribution in [2.45, 2.75) is 6.18 Å². The molecule has 2 N–H and O–H groups in total. The fourth-order valence-corrected chi connectivity index (χ4v) is 1.37. The van der Waals surface area contributed by atoms with Gasteiger partial charge < -0.3 is 10.4 Å². The standard InChI is InChI=1S/C10H8ClF4NO2/c11-6-2-1-3-7(8(6)12)16-4-5(9(17)18)10(13,14)15/h1-3,5,16H,4H2,(H,17,18). The number of hydrogen-bond acceptors (Lipinski definition) is 2. The molecular weight excluding hydrogens is 278 g/mol. The summed E-state index contributed by atoms with van der Waals surface area (Å²) in [6.07, 6.45) is -4.91. The molecule has 0 aliphatic heterocycles. The zero-order valence-corrected chi connectivity index (χ0v) is 9.52. The van der Waals surface area contributed by atoms with E-state index in [4.69, 9.17) is 16.7 Å². The molecule has 3 nitrogen and oxygen atoms in total. The summed E-state index contributed by atoms with van der Waals surface area (Å²) in [7, 11) is 0. The van der Waals surface area contributed by atoms with Crippen molar-refractivity contribution in [2.24, 2.45) is 5.92 Å². The van der Waals surface area contributed by atoms with Gasteiger partial charge >= 0.3 is 12.1 Å². The number of hydrogen-bond donors (Lipinski definition) is 2. The van der Waals surface area contributed by atoms with Crippen molar-refractivity contribution in [1.29, 1.82) is 0 Å². The molecule has 1 rings (SSSR count). The summed E-state index contributed by atoms with van der Waals surface area (Å²) in [5.74, 6) is -5.57. The number of benzene rings is 1. The summed E-state index contributed by atoms with van der Waals surface area (Å²) in [4.78, 5) is 10.4. The van der Waals surface area contributed by atoms with E-state index in [0.717, 1.165) is 6.07 Å². The summed E-state index contributed by atoms with van der Waals surface area (Å²) >= 11 is 5.43. The maximum Gasteiger partial charge on any atom is 0.403 e. The molecule has 0 aliphatic rings. The molecule has 18 heavy (non-hydrogen) atoms. The minimum absolute atomic E-state index is 0.265. The number of aliphatic carboxylic acids is 1. The zero-order chi connectivity index (χ0) is 13.9. The summed E-state index contributed by atoms with van der Waals surface area (Å²) in [6.45, 7) is -0.976. The molecule has 0 amide bonds. The van der Waals surface area contributed by atoms with E-state index in [1.54, 1.807) is 0 Å². The van der Waals surface area contributed by atoms with Gasteiger partial charge in [-0.05, 0) is 12.1 Å². The number of alkyl halides is 3. The second-order valence-corrected chi connectivity index (χ2v) is 3.82. The molecule has 0 bridgehead atoms. The molecule has 1 unspecified atom stereocenters. The number of carbonyl (C=O) groups is 1. The molecule has 100 valence electrons. The molecule has 0 fully saturated rings. The summed E-state index contributed by atoms with van der Waals surface area (Å²) < 4.78 is 50.3. The summed E-state index contributed by atoms with van der Waals surface area (Å²) in [6, 6.07) is 3.72. The Balaban J connectivity index is 2.80. The van der Waals surface area contributed by atoms with Crippen LogP contribution in [0.1, 0.15) is 0 Å². The molecule has 0 radical (unpaired) electrons. The topological polar surface area (TPSA) is 49.3 Å². The molecule has 1 atom stereocenters. The van der Waals surface area contributed by atoms with E-state index in [1.807, 2.05) is 0 Å². The van der Waals surface area contributed by atoms with Gasteiger partial charge in [0.15, 0.2) is 11.7 Å². The van der Waals surface area contributed by atoms with Crippen LogP contribution < -0.4 is 5.32 Å². The van der Waals surface area contributed by atoms with Gasteiger partial charge in [0.25, 0.3) is 0 Å². The van der Waals surface area contributed by atoms with E-state index in [9.17, 15) is 22.4 Å². The van der Waals surface area contributed by atoms with E-state index in [1.165, 1.54) is 12.1 Å². The van der Waals surface area contributed by atoms with Crippen molar-refractivity contribution in [2.75, 3.05) is 11.9 Å². The maximum absolute atomic E-state index is 13.3. The van der Waals surface area contributed by atoms with Gasteiger partial charge in [0, 0.05) is 6.54 Å². The zero-order valence-electron chi connectivity index (χ0n) is 8.76. The van der Waals surface area contributed by atoms with Gasteiger partial charge in [-0.2, -0.15) is 13.2 Å². The number of anilines is 1. The Hall–Kier alpha value is -1.50. The minimum Gasteiger partial charge on any atom is -0.481 e. The fourth-order valence-electron chi connectivity index (χ4n) is 1.20. The van der Waals surface area contributed by atoms with Crippen molar-refractivity contribution < 1.29 is 27.5 Å². The van der Waals surface area contributed by atoms with E-state index in [0.29, 0.717) is 0 Å². The molecule has 0 aliphatic carbocycles. The van der Waals surface area contributed by atoms with Gasteiger partial charge in [0.05, 0.1) is 10.7 Å². The predicted octanol–water partition coefficient (Wildman–Crippen LogP) is 3.15. The lowest BCUT2D eigenvalue weighted by Crippen LogP contribution is -2.36. The van der Waals surface area contributed by atoms with Gasteiger partial charge in [-0.1, -0.05) is 17.7 Å². The predicted molar refractivity (Wildman–Crippen MR) is 57.1 cm³/mol. The molecule has 8 heteroatoms. The molecule has 1 aromatic carbocycles. The normalized spacial score (nSPS) is 13.2. The third-order valence-electron chi connectivity index (χ3n) is 2.14. The molecule has 0 aromatic heterocycles. The average Bonchev–Trinajstić information content (AvgIpc) is 2.22. The van der Waals surface area contributed by atoms with Crippen LogP contribution in [0.25, 0.3) is 0 Å². The van der Waals surface area contributed by atoms with Gasteiger partial charge in [-0.15, -0.1) is 0 Å². The first kappa shape index (κ1) is 14.6. The lowest BCUT2D eigenvalue weighted by molar-refractivity contribution is -0.190. The third-order valence-corrected chi connectivity index (χ3v) is 2.43. The Morgan fingerprint density at radius 2 is 2.06 bits per heavy atom. The van der Waals surface area contributed by atoms with Crippen molar-refractivity contribution in [3.63, 3.8) is 0 Å². The first-order valence-electron chi connectivity index (χ1n) is 4.71. The SMILES string of the molecule is O=C(O)C(CNc1cccc(Cl)c1F)C(F)(F)F. The number of halogens is 5. The smallest absolute Gasteiger partial charge is 0.403 e. The van der Waals surface area contributed by atoms with Crippen LogP contribution in [-0.2, 0) is 4.79 Å². The second kappa shape index (κ2) is 5.43. The van der Waals surface area contributed by atoms with Gasteiger partial charge in [0.1, 0.15) is 0 Å². The van der Waals surface area contributed by atoms with Crippen LogP contribution in [0.3, 0.4) is 0 Å². The highest BCUT2D eigenvalue weighted by Gasteiger charge is 2.44. The number of rotatable bonds is 4. The van der Waals surface area contributed by atoms with E-state index in [2.05, 4.69) is 5.32 Å². The minimum atomic E-state index is -4.91. The Labute approximate surface area is 104 Å². The fraction of sp³-hybridized carbons (Fsp3) is 0.300. The summed E-state index contributed by atoms with van der Waals surface area (Å²) in [5.41, 5.74) is -0.280. The van der Waals surface area contributed by atoms with Crippen LogP contribution in [0.2, 0.25) is 5.02 Å². The van der Waals surface area contributed by atoms with Crippen molar-refractivity contribution in [1.82, 2.24) is 0 Å². The highest BCUT2D eigenvalue weighted by molar-refractivity contribution is 6.31. The average molecular weight is 286 g/mol. The number of carboxylic acid groups (broad SMARTS) is 1. The first-order chi connectivity index (χ1) is 8.23. The van der Waals surface area contributed by atoms with E-state index < -0.39 is 30.4 Å². The maximum atomic E-state index is 13.3. The van der Waals surface area contributed by atoms with Crippen LogP contribution >= 0.6 is 11.6 Å². The van der Waals surface area contributed by atoms with E-state index >= 15 is 0 Å². The van der Waals surface area contributed by atoms with Gasteiger partial charge in [0.2, 0.25) is 0 Å². The lowest BCUT2D eigenvalue weighted by atomic mass is 10.1. The molecule has 1 aromatic rings. The van der Waals surface area contributed by atoms with Crippen LogP contribution in [0.4, 0.5) is 23.2 Å². The number of carboxylic acids is 1. The number of nitrogens with one attached hydrogen (secondary N) is 1. The molecule has 0 spiro atoms. The Morgan fingerprint density at radius 1 is 1.44 bits per heavy atom. The Kier molecular flexibility index (Phi) is 4.39. The van der Waals surface area contributed by atoms with Gasteiger partial charge in [-0.3, -0.25) is 4.79 Å². The van der Waals surface area contributed by atoms with Gasteiger partial charge in [-0.25, -0.2) is 4.39 Å². The Bertz CT molecular complexity index is 450. The highest BCUT2D eigenvalue weighted by Crippen LogP contribution is 2.28. The Morgan fingerprint density at radius 3 is 2.56 bits per heavy atom. The lowest BCUT2D eigenvalue weighted by Gasteiger charge is -2.17. The van der Waals surface area contributed by atoms with Crippen LogP contribution in [-0.4, -0.2) is 23.8 Å². The molecular formula is C10H8ClF4NO2. The van der Waals surface area contributed by atoms with Crippen LogP contribution in [0.15, 0.2) is 18.2 Å². The summed E-state index contributed by atoms with van der Waals surface area (Å²) in [5, 5.41) is 10.2. The quantitative estimate of drug-likeness (QED) is 0.836. The largest absolute Gasteiger partial charge is 0.481 e. The first-order valence-corrected chi connectivity index (χ1v) is 5.08. The molecule has 0 saturated heterocycles. The van der Waals surface area contributed by atoms with E-state index in [-0.39, 0.29) is 10.7 Å². The molecule has 0 saturated carbocycles. The van der Waals surface area contributed by atoms with Crippen molar-refractivity contribution in [3.8, 4) is 0 Å². The molecule has 0 heterocycles. The third kappa shape index (κ3) is 3.49. The van der Waals surface area contributed by atoms with Crippen molar-refractivity contribution in [3.05, 3.63) is 29.0 Å². The van der Waals surface area contributed by atoms with Crippen LogP contribution in [0.5, 0.6) is 0 Å². The second-order valence-electron chi connectivity index (χ2n) is 3.41.